The van der Waals surface area contributed by atoms with Crippen LogP contribution in [0, 0.1) is 11.6 Å². The number of aromatic nitrogens is 4. The van der Waals surface area contributed by atoms with Gasteiger partial charge in [0.05, 0.1) is 6.54 Å². The van der Waals surface area contributed by atoms with Crippen LogP contribution in [0.5, 0.6) is 0 Å². The first-order valence-corrected chi connectivity index (χ1v) is 7.83. The van der Waals surface area contributed by atoms with E-state index in [4.69, 9.17) is 11.6 Å². The van der Waals surface area contributed by atoms with Gasteiger partial charge < -0.3 is 0 Å². The molecule has 0 saturated carbocycles. The van der Waals surface area contributed by atoms with E-state index in [-0.39, 0.29) is 6.04 Å². The summed E-state index contributed by atoms with van der Waals surface area (Å²) in [6, 6.07) is 7.05. The molecular weight excluding hydrogens is 336 g/mol. The van der Waals surface area contributed by atoms with Crippen LogP contribution >= 0.6 is 11.6 Å². The van der Waals surface area contributed by atoms with Crippen LogP contribution in [0.3, 0.4) is 0 Å². The lowest BCUT2D eigenvalue weighted by molar-refractivity contribution is 0.239. The van der Waals surface area contributed by atoms with Gasteiger partial charge >= 0.3 is 0 Å². The molecular formula is C16H16ClF2N5. The number of benzene rings is 1. The molecule has 24 heavy (non-hydrogen) atoms. The van der Waals surface area contributed by atoms with E-state index < -0.39 is 11.6 Å². The maximum absolute atomic E-state index is 13.8. The molecule has 3 rings (SSSR count). The lowest BCUT2D eigenvalue weighted by Crippen LogP contribution is -2.31. The summed E-state index contributed by atoms with van der Waals surface area (Å²) in [6.45, 7) is 2.44. The zero-order valence-electron chi connectivity index (χ0n) is 13.2. The molecule has 0 N–H and O–H groups in total. The number of nitrogens with zero attached hydrogens (tertiary/aromatic N) is 5. The molecule has 0 bridgehead atoms. The molecule has 0 aliphatic carbocycles. The molecule has 3 aromatic rings. The van der Waals surface area contributed by atoms with Crippen molar-refractivity contribution in [3.8, 4) is 0 Å². The van der Waals surface area contributed by atoms with Crippen LogP contribution in [0.25, 0.3) is 5.65 Å². The van der Waals surface area contributed by atoms with Crippen molar-refractivity contribution < 1.29 is 8.78 Å². The molecule has 8 heteroatoms. The Morgan fingerprint density at radius 1 is 1.21 bits per heavy atom. The second-order valence-electron chi connectivity index (χ2n) is 5.75. The molecule has 5 nitrogen and oxygen atoms in total. The van der Waals surface area contributed by atoms with Gasteiger partial charge in [-0.25, -0.2) is 8.78 Å². The Morgan fingerprint density at radius 3 is 2.75 bits per heavy atom. The highest BCUT2D eigenvalue weighted by Crippen LogP contribution is 2.15. The third-order valence-corrected chi connectivity index (χ3v) is 4.17. The zero-order chi connectivity index (χ0) is 17.3. The number of fused-ring (bicyclic) bond motifs is 1. The number of halogens is 3. The van der Waals surface area contributed by atoms with Gasteiger partial charge in [-0.2, -0.15) is 9.61 Å². The smallest absolute Gasteiger partial charge is 0.178 e. The number of hydrogen-bond acceptors (Lipinski definition) is 4. The number of likely N-dealkylation sites (N-methyl/N-ethyl adjacent to an activating group) is 1. The van der Waals surface area contributed by atoms with E-state index in [1.54, 1.807) is 16.6 Å². The van der Waals surface area contributed by atoms with Crippen molar-refractivity contribution in [3.63, 3.8) is 0 Å². The van der Waals surface area contributed by atoms with Gasteiger partial charge in [-0.3, -0.25) is 4.90 Å². The molecule has 0 fully saturated rings. The molecule has 0 saturated heterocycles. The van der Waals surface area contributed by atoms with Crippen LogP contribution in [-0.4, -0.2) is 37.8 Å². The molecule has 0 aliphatic heterocycles. The van der Waals surface area contributed by atoms with E-state index in [2.05, 4.69) is 15.3 Å². The summed E-state index contributed by atoms with van der Waals surface area (Å²) in [7, 11) is 1.90. The SMILES string of the molecule is C[C@@H](Cc1ccc(F)cc1F)N(C)Cc1nnc2ccc(Cl)nn12. The van der Waals surface area contributed by atoms with Crippen LogP contribution in [0.4, 0.5) is 8.78 Å². The first-order chi connectivity index (χ1) is 11.4. The van der Waals surface area contributed by atoms with E-state index in [1.165, 1.54) is 12.1 Å². The zero-order valence-corrected chi connectivity index (χ0v) is 14.0. The average Bonchev–Trinajstić information content (AvgIpc) is 2.92. The van der Waals surface area contributed by atoms with Gasteiger partial charge in [0.25, 0.3) is 0 Å². The van der Waals surface area contributed by atoms with E-state index in [0.29, 0.717) is 35.2 Å². The van der Waals surface area contributed by atoms with Crippen LogP contribution in [0.1, 0.15) is 18.3 Å². The third-order valence-electron chi connectivity index (χ3n) is 3.97. The van der Waals surface area contributed by atoms with Crippen LogP contribution in [-0.2, 0) is 13.0 Å². The Hall–Kier alpha value is -2.12. The summed E-state index contributed by atoms with van der Waals surface area (Å²) in [6.07, 6.45) is 0.452. The second kappa shape index (κ2) is 6.78. The van der Waals surface area contributed by atoms with Gasteiger partial charge in [-0.15, -0.1) is 10.2 Å². The maximum Gasteiger partial charge on any atom is 0.178 e. The number of rotatable bonds is 5. The van der Waals surface area contributed by atoms with Crippen molar-refractivity contribution in [2.24, 2.45) is 0 Å². The van der Waals surface area contributed by atoms with Gasteiger partial charge in [0, 0.05) is 12.1 Å². The maximum atomic E-state index is 13.8. The van der Waals surface area contributed by atoms with Gasteiger partial charge in [0.1, 0.15) is 16.8 Å². The summed E-state index contributed by atoms with van der Waals surface area (Å²) in [5.41, 5.74) is 1.09. The minimum absolute atomic E-state index is 0.0106. The van der Waals surface area contributed by atoms with Crippen molar-refractivity contribution in [2.75, 3.05) is 7.05 Å². The van der Waals surface area contributed by atoms with Gasteiger partial charge in [0.2, 0.25) is 0 Å². The fraction of sp³-hybridized carbons (Fsp3) is 0.312. The summed E-state index contributed by atoms with van der Waals surface area (Å²) < 4.78 is 28.4. The predicted octanol–water partition coefficient (Wildman–Crippen LogP) is 3.12. The van der Waals surface area contributed by atoms with Gasteiger partial charge in [-0.05, 0) is 44.2 Å². The first-order valence-electron chi connectivity index (χ1n) is 7.45. The number of hydrogen-bond donors (Lipinski definition) is 0. The van der Waals surface area contributed by atoms with E-state index >= 15 is 0 Å². The molecule has 0 amide bonds. The summed E-state index contributed by atoms with van der Waals surface area (Å²) in [5.74, 6) is -0.465. The third kappa shape index (κ3) is 3.52. The van der Waals surface area contributed by atoms with Crippen molar-refractivity contribution in [1.29, 1.82) is 0 Å². The molecule has 126 valence electrons. The van der Waals surface area contributed by atoms with E-state index in [1.807, 2.05) is 18.9 Å². The van der Waals surface area contributed by atoms with Gasteiger partial charge in [0.15, 0.2) is 11.5 Å². The second-order valence-corrected chi connectivity index (χ2v) is 6.13. The highest BCUT2D eigenvalue weighted by molar-refractivity contribution is 6.29. The van der Waals surface area contributed by atoms with Crippen molar-refractivity contribution in [3.05, 3.63) is 58.5 Å². The van der Waals surface area contributed by atoms with Gasteiger partial charge in [-0.1, -0.05) is 17.7 Å². The Labute approximate surface area is 142 Å². The molecule has 2 heterocycles. The van der Waals surface area contributed by atoms with Crippen molar-refractivity contribution >= 4 is 17.2 Å². The van der Waals surface area contributed by atoms with Crippen molar-refractivity contribution in [1.82, 2.24) is 24.7 Å². The molecule has 0 unspecified atom stereocenters. The van der Waals surface area contributed by atoms with Crippen LogP contribution in [0.2, 0.25) is 5.15 Å². The Balaban J connectivity index is 1.73. The van der Waals surface area contributed by atoms with Crippen LogP contribution < -0.4 is 0 Å². The fourth-order valence-electron chi connectivity index (χ4n) is 2.45. The average molecular weight is 352 g/mol. The topological polar surface area (TPSA) is 46.3 Å². The Morgan fingerprint density at radius 2 is 2.00 bits per heavy atom. The standard InChI is InChI=1S/C16H16ClF2N5/c1-10(7-11-3-4-12(18)8-13(11)19)23(2)9-16-21-20-15-6-5-14(17)22-24(15)16/h3-6,8,10H,7,9H2,1-2H3/t10-/m0/s1. The first kappa shape index (κ1) is 16.7. The highest BCUT2D eigenvalue weighted by atomic mass is 35.5. The molecule has 1 aromatic carbocycles. The lowest BCUT2D eigenvalue weighted by Gasteiger charge is -2.24. The van der Waals surface area contributed by atoms with E-state index in [0.717, 1.165) is 6.07 Å². The largest absolute Gasteiger partial charge is 0.296 e. The fourth-order valence-corrected chi connectivity index (χ4v) is 2.59. The molecule has 1 atom stereocenters. The van der Waals surface area contributed by atoms with E-state index in [9.17, 15) is 8.78 Å². The molecule has 0 aliphatic rings. The minimum atomic E-state index is -0.574. The normalized spacial score (nSPS) is 12.9. The minimum Gasteiger partial charge on any atom is -0.296 e. The molecule has 0 radical (unpaired) electrons. The molecule has 0 spiro atoms. The highest BCUT2D eigenvalue weighted by Gasteiger charge is 2.16. The van der Waals surface area contributed by atoms with Crippen molar-refractivity contribution in [2.45, 2.75) is 25.9 Å². The quantitative estimate of drug-likeness (QED) is 0.708. The summed E-state index contributed by atoms with van der Waals surface area (Å²) in [4.78, 5) is 2.00. The Bertz CT molecular complexity index is 867. The summed E-state index contributed by atoms with van der Waals surface area (Å²) >= 11 is 5.91. The summed E-state index contributed by atoms with van der Waals surface area (Å²) in [5, 5.41) is 12.7. The Kier molecular flexibility index (Phi) is 4.73. The monoisotopic (exact) mass is 351 g/mol. The lowest BCUT2D eigenvalue weighted by atomic mass is 10.1. The predicted molar refractivity (Wildman–Crippen MR) is 86.8 cm³/mol. The molecule has 2 aromatic heterocycles. The van der Waals surface area contributed by atoms with Crippen LogP contribution in [0.15, 0.2) is 30.3 Å².